The lowest BCUT2D eigenvalue weighted by Gasteiger charge is -2.13. The highest BCUT2D eigenvalue weighted by atomic mass is 32.2. The molecule has 0 atom stereocenters. The number of imide groups is 1. The molecule has 5 nitrogen and oxygen atoms in total. The molecule has 0 spiro atoms. The molecule has 0 N–H and O–H groups in total. The van der Waals surface area contributed by atoms with Crippen LogP contribution in [0.1, 0.15) is 22.5 Å². The van der Waals surface area contributed by atoms with E-state index >= 15 is 0 Å². The van der Waals surface area contributed by atoms with Gasteiger partial charge in [0.25, 0.3) is 11.1 Å². The Kier molecular flexibility index (Phi) is 5.50. The number of nitrogens with zero attached hydrogens (tertiary/aromatic N) is 2. The van der Waals surface area contributed by atoms with E-state index < -0.39 is 0 Å². The van der Waals surface area contributed by atoms with Gasteiger partial charge in [-0.25, -0.2) is 0 Å². The first-order valence-electron chi connectivity index (χ1n) is 9.60. The number of ether oxygens (including phenoxy) is 1. The molecule has 2 aromatic carbocycles. The molecule has 0 radical (unpaired) electrons. The smallest absolute Gasteiger partial charge is 0.293 e. The van der Waals surface area contributed by atoms with E-state index in [0.29, 0.717) is 4.91 Å². The van der Waals surface area contributed by atoms with Gasteiger partial charge in [-0.05, 0) is 73.6 Å². The van der Waals surface area contributed by atoms with Crippen LogP contribution in [0.3, 0.4) is 0 Å². The van der Waals surface area contributed by atoms with Crippen molar-refractivity contribution < 1.29 is 14.3 Å². The number of carbonyl (C=O) groups excluding carboxylic acids is 2. The molecule has 6 heteroatoms. The van der Waals surface area contributed by atoms with Crippen molar-refractivity contribution in [3.63, 3.8) is 0 Å². The van der Waals surface area contributed by atoms with E-state index in [1.807, 2.05) is 79.1 Å². The number of methoxy groups -OCH3 is 1. The largest absolute Gasteiger partial charge is 0.497 e. The van der Waals surface area contributed by atoms with Gasteiger partial charge < -0.3 is 9.30 Å². The maximum Gasteiger partial charge on any atom is 0.293 e. The summed E-state index contributed by atoms with van der Waals surface area (Å²) in [6.07, 6.45) is 1.79. The molecule has 2 amide bonds. The van der Waals surface area contributed by atoms with Crippen LogP contribution in [0.2, 0.25) is 0 Å². The zero-order valence-corrected chi connectivity index (χ0v) is 17.9. The van der Waals surface area contributed by atoms with Gasteiger partial charge in [-0.2, -0.15) is 0 Å². The van der Waals surface area contributed by atoms with Crippen molar-refractivity contribution in [1.82, 2.24) is 9.47 Å². The first-order valence-corrected chi connectivity index (χ1v) is 10.4. The van der Waals surface area contributed by atoms with E-state index in [9.17, 15) is 9.59 Å². The van der Waals surface area contributed by atoms with E-state index in [-0.39, 0.29) is 17.7 Å². The van der Waals surface area contributed by atoms with Gasteiger partial charge in [0.1, 0.15) is 5.75 Å². The third-order valence-electron chi connectivity index (χ3n) is 5.05. The van der Waals surface area contributed by atoms with E-state index in [4.69, 9.17) is 4.74 Å². The highest BCUT2D eigenvalue weighted by molar-refractivity contribution is 8.18. The Balaban J connectivity index is 1.61. The van der Waals surface area contributed by atoms with Crippen molar-refractivity contribution in [3.8, 4) is 11.4 Å². The minimum atomic E-state index is -0.259. The predicted molar refractivity (Wildman–Crippen MR) is 120 cm³/mol. The van der Waals surface area contributed by atoms with Crippen LogP contribution in [0.15, 0.2) is 65.6 Å². The van der Waals surface area contributed by atoms with E-state index in [1.165, 1.54) is 4.90 Å². The van der Waals surface area contributed by atoms with Gasteiger partial charge in [0, 0.05) is 17.1 Å². The minimum Gasteiger partial charge on any atom is -0.497 e. The van der Waals surface area contributed by atoms with Gasteiger partial charge in [-0.15, -0.1) is 0 Å². The summed E-state index contributed by atoms with van der Waals surface area (Å²) in [6.45, 7) is 4.29. The molecule has 0 aliphatic carbocycles. The Morgan fingerprint density at radius 2 is 1.63 bits per heavy atom. The second-order valence-electron chi connectivity index (χ2n) is 7.19. The highest BCUT2D eigenvalue weighted by Gasteiger charge is 2.35. The van der Waals surface area contributed by atoms with E-state index in [0.717, 1.165) is 45.7 Å². The fourth-order valence-electron chi connectivity index (χ4n) is 3.40. The highest BCUT2D eigenvalue weighted by Crippen LogP contribution is 2.34. The fraction of sp³-hybridized carbons (Fsp3) is 0.167. The summed E-state index contributed by atoms with van der Waals surface area (Å²) in [7, 11) is 1.63. The normalized spacial score (nSPS) is 15.3. The maximum absolute atomic E-state index is 12.9. The number of aryl methyl sites for hydroxylation is 2. The third kappa shape index (κ3) is 3.91. The zero-order chi connectivity index (χ0) is 21.3. The Morgan fingerprint density at radius 3 is 2.30 bits per heavy atom. The maximum atomic E-state index is 12.9. The van der Waals surface area contributed by atoms with Crippen molar-refractivity contribution in [3.05, 3.63) is 88.1 Å². The Hall–Kier alpha value is -3.25. The summed E-state index contributed by atoms with van der Waals surface area (Å²) < 4.78 is 7.28. The summed E-state index contributed by atoms with van der Waals surface area (Å²) in [5, 5.41) is -0.244. The summed E-state index contributed by atoms with van der Waals surface area (Å²) in [4.78, 5) is 27.1. The monoisotopic (exact) mass is 418 g/mol. The summed E-state index contributed by atoms with van der Waals surface area (Å²) in [6, 6.07) is 19.5. The number of hydrogen-bond donors (Lipinski definition) is 0. The lowest BCUT2D eigenvalue weighted by atomic mass is 10.1. The van der Waals surface area contributed by atoms with Crippen LogP contribution in [0, 0.1) is 13.8 Å². The third-order valence-corrected chi connectivity index (χ3v) is 5.96. The van der Waals surface area contributed by atoms with E-state index in [1.54, 1.807) is 13.2 Å². The summed E-state index contributed by atoms with van der Waals surface area (Å²) in [5.41, 5.74) is 4.91. The second kappa shape index (κ2) is 8.24. The van der Waals surface area contributed by atoms with Gasteiger partial charge in [0.05, 0.1) is 18.6 Å². The van der Waals surface area contributed by atoms with Crippen molar-refractivity contribution in [2.45, 2.75) is 20.4 Å². The van der Waals surface area contributed by atoms with Crippen LogP contribution in [0.25, 0.3) is 11.8 Å². The van der Waals surface area contributed by atoms with E-state index in [2.05, 4.69) is 0 Å². The quantitative estimate of drug-likeness (QED) is 0.525. The average Bonchev–Trinajstić information content (AvgIpc) is 3.24. The lowest BCUT2D eigenvalue weighted by molar-refractivity contribution is -0.123. The van der Waals surface area contributed by atoms with Crippen LogP contribution in [0.4, 0.5) is 4.79 Å². The van der Waals surface area contributed by atoms with Gasteiger partial charge >= 0.3 is 0 Å². The Morgan fingerprint density at radius 1 is 0.933 bits per heavy atom. The molecule has 1 aromatic heterocycles. The molecule has 0 unspecified atom stereocenters. The number of hydrogen-bond acceptors (Lipinski definition) is 4. The zero-order valence-electron chi connectivity index (χ0n) is 17.1. The number of thioether (sulfide) groups is 1. The van der Waals surface area contributed by atoms with Gasteiger partial charge in [0.15, 0.2) is 0 Å². The molecule has 1 fully saturated rings. The van der Waals surface area contributed by atoms with Gasteiger partial charge in [-0.1, -0.05) is 29.8 Å². The first-order chi connectivity index (χ1) is 14.5. The van der Waals surface area contributed by atoms with Gasteiger partial charge in [-0.3, -0.25) is 14.5 Å². The van der Waals surface area contributed by atoms with Crippen LogP contribution in [0.5, 0.6) is 5.75 Å². The average molecular weight is 419 g/mol. The number of benzene rings is 2. The van der Waals surface area contributed by atoms with Crippen molar-refractivity contribution in [2.75, 3.05) is 7.11 Å². The number of amides is 2. The SMILES string of the molecule is COc1ccc(-n2c(C)ccc2/C=C2\SC(=O)N(Cc3ccc(C)cc3)C2=O)cc1. The van der Waals surface area contributed by atoms with Crippen LogP contribution in [-0.2, 0) is 11.3 Å². The predicted octanol–water partition coefficient (Wildman–Crippen LogP) is 5.34. The molecule has 4 rings (SSSR count). The number of aromatic nitrogens is 1. The van der Waals surface area contributed by atoms with Crippen molar-refractivity contribution >= 4 is 29.0 Å². The number of carbonyl (C=O) groups is 2. The molecule has 2 heterocycles. The molecule has 1 aliphatic heterocycles. The van der Waals surface area contributed by atoms with Crippen molar-refractivity contribution in [2.24, 2.45) is 0 Å². The lowest BCUT2D eigenvalue weighted by Crippen LogP contribution is -2.27. The number of rotatable bonds is 5. The molecular weight excluding hydrogens is 396 g/mol. The Bertz CT molecular complexity index is 1130. The second-order valence-corrected chi connectivity index (χ2v) is 8.18. The molecule has 0 bridgehead atoms. The summed E-state index contributed by atoms with van der Waals surface area (Å²) >= 11 is 0.983. The fourth-order valence-corrected chi connectivity index (χ4v) is 4.22. The van der Waals surface area contributed by atoms with Crippen LogP contribution in [-0.4, -0.2) is 27.7 Å². The Labute approximate surface area is 180 Å². The summed E-state index contributed by atoms with van der Waals surface area (Å²) in [5.74, 6) is 0.521. The molecule has 152 valence electrons. The van der Waals surface area contributed by atoms with Crippen molar-refractivity contribution in [1.29, 1.82) is 0 Å². The first kappa shape index (κ1) is 20.0. The molecular formula is C24H22N2O3S. The molecule has 1 saturated heterocycles. The van der Waals surface area contributed by atoms with Gasteiger partial charge in [0.2, 0.25) is 0 Å². The topological polar surface area (TPSA) is 51.5 Å². The van der Waals surface area contributed by atoms with Crippen LogP contribution < -0.4 is 4.74 Å². The van der Waals surface area contributed by atoms with Crippen LogP contribution >= 0.6 is 11.8 Å². The standard InChI is InChI=1S/C24H22N2O3S/c1-16-4-7-18(8-5-16)15-25-23(27)22(30-24(25)28)14-20-9-6-17(2)26(20)19-10-12-21(29-3)13-11-19/h4-14H,15H2,1-3H3/b22-14-. The molecule has 0 saturated carbocycles. The molecule has 3 aromatic rings. The molecule has 1 aliphatic rings. The minimum absolute atomic E-state index is 0.244. The molecule has 30 heavy (non-hydrogen) atoms.